The number of carbonyl (C=O) groups is 1. The van der Waals surface area contributed by atoms with E-state index < -0.39 is 5.97 Å². The third-order valence-electron chi connectivity index (χ3n) is 0.734. The Morgan fingerprint density at radius 3 is 2.80 bits per heavy atom. The molecule has 0 heterocycles. The van der Waals surface area contributed by atoms with Crippen LogP contribution in [0.1, 0.15) is 6.92 Å². The lowest BCUT2D eigenvalue weighted by atomic mass is 10.5. The van der Waals surface area contributed by atoms with Crippen LogP contribution in [0.4, 0.5) is 0 Å². The molecule has 0 amide bonds. The molecule has 0 aliphatic heterocycles. The molecule has 0 fully saturated rings. The van der Waals surface area contributed by atoms with Gasteiger partial charge in [-0.25, -0.2) is 4.79 Å². The number of hydrogen-bond donors (Lipinski definition) is 1. The van der Waals surface area contributed by atoms with Crippen molar-refractivity contribution in [3.05, 3.63) is 24.5 Å². The summed E-state index contributed by atoms with van der Waals surface area (Å²) < 4.78 is 4.66. The maximum atomic E-state index is 9.92. The Morgan fingerprint density at radius 2 is 2.40 bits per heavy atom. The van der Waals surface area contributed by atoms with Crippen molar-refractivity contribution < 1.29 is 14.6 Å². The van der Waals surface area contributed by atoms with Gasteiger partial charge in [0.25, 0.3) is 0 Å². The van der Waals surface area contributed by atoms with E-state index in [0.29, 0.717) is 5.76 Å². The van der Waals surface area contributed by atoms with Crippen molar-refractivity contribution in [2.24, 2.45) is 0 Å². The van der Waals surface area contributed by atoms with Gasteiger partial charge in [0.1, 0.15) is 5.76 Å². The Balaban J connectivity index is 3.50. The fraction of sp³-hybridized carbons (Fsp3) is 0.286. The van der Waals surface area contributed by atoms with Crippen LogP contribution in [0.2, 0.25) is 0 Å². The number of carboxylic acid groups (broad SMARTS) is 1. The van der Waals surface area contributed by atoms with Gasteiger partial charge in [-0.05, 0) is 13.0 Å². The Labute approximate surface area is 59.6 Å². The largest absolute Gasteiger partial charge is 0.483 e. The highest BCUT2D eigenvalue weighted by Gasteiger charge is 1.95. The molecule has 0 bridgehead atoms. The molecule has 0 aliphatic carbocycles. The average Bonchev–Trinajstić information content (AvgIpc) is 1.85. The van der Waals surface area contributed by atoms with Crippen molar-refractivity contribution in [1.29, 1.82) is 0 Å². The SMILES string of the molecule is C=C(C=CC)OCC(=O)O. The Bertz CT molecular complexity index is 158. The molecule has 3 nitrogen and oxygen atoms in total. The summed E-state index contributed by atoms with van der Waals surface area (Å²) in [5, 5.41) is 8.14. The Morgan fingerprint density at radius 1 is 1.80 bits per heavy atom. The lowest BCUT2D eigenvalue weighted by Crippen LogP contribution is -2.05. The van der Waals surface area contributed by atoms with Gasteiger partial charge in [0, 0.05) is 0 Å². The molecule has 0 radical (unpaired) electrons. The van der Waals surface area contributed by atoms with Crippen LogP contribution in [0.15, 0.2) is 24.5 Å². The number of hydrogen-bond acceptors (Lipinski definition) is 2. The molecule has 3 heteroatoms. The molecular formula is C7H10O3. The van der Waals surface area contributed by atoms with Crippen LogP contribution >= 0.6 is 0 Å². The lowest BCUT2D eigenvalue weighted by Gasteiger charge is -1.99. The zero-order valence-corrected chi connectivity index (χ0v) is 5.83. The quantitative estimate of drug-likeness (QED) is 0.473. The van der Waals surface area contributed by atoms with E-state index >= 15 is 0 Å². The van der Waals surface area contributed by atoms with Gasteiger partial charge in [-0.1, -0.05) is 12.7 Å². The predicted octanol–water partition coefficient (Wildman–Crippen LogP) is 1.18. The molecule has 0 unspecified atom stereocenters. The standard InChI is InChI=1S/C7H10O3/c1-3-4-6(2)10-5-7(8)9/h3-4H,2,5H2,1H3,(H,8,9). The Kier molecular flexibility index (Phi) is 4.04. The fourth-order valence-corrected chi connectivity index (χ4v) is 0.388. The second-order valence-corrected chi connectivity index (χ2v) is 1.65. The summed E-state index contributed by atoms with van der Waals surface area (Å²) in [6, 6.07) is 0. The molecule has 0 rings (SSSR count). The molecule has 1 N–H and O–H groups in total. The Hall–Kier alpha value is -1.25. The second kappa shape index (κ2) is 4.61. The molecule has 0 aromatic rings. The number of ether oxygens (including phenoxy) is 1. The van der Waals surface area contributed by atoms with E-state index in [1.165, 1.54) is 0 Å². The highest BCUT2D eigenvalue weighted by Crippen LogP contribution is 1.93. The molecule has 10 heavy (non-hydrogen) atoms. The molecule has 56 valence electrons. The summed E-state index contributed by atoms with van der Waals surface area (Å²) in [5.41, 5.74) is 0. The average molecular weight is 142 g/mol. The van der Waals surface area contributed by atoms with Gasteiger partial charge in [0.15, 0.2) is 6.61 Å². The maximum Gasteiger partial charge on any atom is 0.341 e. The first-order valence-electron chi connectivity index (χ1n) is 2.83. The minimum Gasteiger partial charge on any atom is -0.483 e. The summed E-state index contributed by atoms with van der Waals surface area (Å²) in [5.74, 6) is -0.629. The van der Waals surface area contributed by atoms with E-state index in [-0.39, 0.29) is 6.61 Å². The highest BCUT2D eigenvalue weighted by molar-refractivity contribution is 5.68. The first-order chi connectivity index (χ1) is 4.66. The predicted molar refractivity (Wildman–Crippen MR) is 37.5 cm³/mol. The number of carboxylic acids is 1. The number of aliphatic carboxylic acids is 1. The van der Waals surface area contributed by atoms with Crippen LogP contribution in [-0.2, 0) is 9.53 Å². The molecule has 0 aromatic heterocycles. The smallest absolute Gasteiger partial charge is 0.341 e. The molecule has 0 aromatic carbocycles. The first kappa shape index (κ1) is 8.75. The second-order valence-electron chi connectivity index (χ2n) is 1.65. The van der Waals surface area contributed by atoms with Crippen molar-refractivity contribution in [3.8, 4) is 0 Å². The molecular weight excluding hydrogens is 132 g/mol. The van der Waals surface area contributed by atoms with E-state index in [9.17, 15) is 4.79 Å². The summed E-state index contributed by atoms with van der Waals surface area (Å²) >= 11 is 0. The molecule has 0 aliphatic rings. The number of rotatable bonds is 4. The minimum absolute atomic E-state index is 0.330. The molecule has 0 spiro atoms. The van der Waals surface area contributed by atoms with Crippen LogP contribution in [-0.4, -0.2) is 17.7 Å². The minimum atomic E-state index is -0.995. The summed E-state index contributed by atoms with van der Waals surface area (Å²) in [6.45, 7) is 4.91. The van der Waals surface area contributed by atoms with Crippen molar-refractivity contribution in [1.82, 2.24) is 0 Å². The van der Waals surface area contributed by atoms with Gasteiger partial charge < -0.3 is 9.84 Å². The fourth-order valence-electron chi connectivity index (χ4n) is 0.388. The summed E-state index contributed by atoms with van der Waals surface area (Å²) in [4.78, 5) is 9.92. The van der Waals surface area contributed by atoms with Gasteiger partial charge in [-0.2, -0.15) is 0 Å². The third-order valence-corrected chi connectivity index (χ3v) is 0.734. The van der Waals surface area contributed by atoms with Crippen molar-refractivity contribution in [2.75, 3.05) is 6.61 Å². The van der Waals surface area contributed by atoms with Gasteiger partial charge in [0.05, 0.1) is 0 Å². The summed E-state index contributed by atoms with van der Waals surface area (Å²) in [6.07, 6.45) is 3.33. The van der Waals surface area contributed by atoms with E-state index in [4.69, 9.17) is 5.11 Å². The topological polar surface area (TPSA) is 46.5 Å². The van der Waals surface area contributed by atoms with Crippen LogP contribution in [0.5, 0.6) is 0 Å². The zero-order valence-electron chi connectivity index (χ0n) is 5.83. The molecule has 0 atom stereocenters. The van der Waals surface area contributed by atoms with E-state index in [1.807, 2.05) is 0 Å². The highest BCUT2D eigenvalue weighted by atomic mass is 16.5. The van der Waals surface area contributed by atoms with Crippen molar-refractivity contribution >= 4 is 5.97 Å². The van der Waals surface area contributed by atoms with Crippen LogP contribution in [0, 0.1) is 0 Å². The van der Waals surface area contributed by atoms with Gasteiger partial charge in [-0.15, -0.1) is 0 Å². The normalized spacial score (nSPS) is 9.70. The van der Waals surface area contributed by atoms with Crippen molar-refractivity contribution in [2.45, 2.75) is 6.92 Å². The van der Waals surface area contributed by atoms with Gasteiger partial charge >= 0.3 is 5.97 Å². The van der Waals surface area contributed by atoms with Crippen molar-refractivity contribution in [3.63, 3.8) is 0 Å². The maximum absolute atomic E-state index is 9.92. The van der Waals surface area contributed by atoms with Crippen LogP contribution in [0.25, 0.3) is 0 Å². The van der Waals surface area contributed by atoms with Gasteiger partial charge in [-0.3, -0.25) is 0 Å². The van der Waals surface area contributed by atoms with Crippen LogP contribution in [0.3, 0.4) is 0 Å². The lowest BCUT2D eigenvalue weighted by molar-refractivity contribution is -0.140. The van der Waals surface area contributed by atoms with E-state index in [0.717, 1.165) is 0 Å². The monoisotopic (exact) mass is 142 g/mol. The summed E-state index contributed by atoms with van der Waals surface area (Å²) in [7, 11) is 0. The molecule has 0 saturated carbocycles. The van der Waals surface area contributed by atoms with Crippen LogP contribution < -0.4 is 0 Å². The third kappa shape index (κ3) is 4.90. The van der Waals surface area contributed by atoms with E-state index in [2.05, 4.69) is 11.3 Å². The molecule has 0 saturated heterocycles. The van der Waals surface area contributed by atoms with Gasteiger partial charge in [0.2, 0.25) is 0 Å². The number of allylic oxidation sites excluding steroid dienone is 2. The van der Waals surface area contributed by atoms with E-state index in [1.54, 1.807) is 19.1 Å². The first-order valence-corrected chi connectivity index (χ1v) is 2.83. The zero-order chi connectivity index (χ0) is 7.98.